The molecule has 2 N–H and O–H groups in total. The predicted octanol–water partition coefficient (Wildman–Crippen LogP) is 3.20. The van der Waals surface area contributed by atoms with Gasteiger partial charge in [-0.05, 0) is 47.6 Å². The molecule has 0 unspecified atom stereocenters. The molecule has 1 aromatic carbocycles. The molecule has 21 heavy (non-hydrogen) atoms. The van der Waals surface area contributed by atoms with E-state index >= 15 is 0 Å². The zero-order valence-electron chi connectivity index (χ0n) is 11.6. The van der Waals surface area contributed by atoms with Crippen molar-refractivity contribution in [2.24, 2.45) is 0 Å². The van der Waals surface area contributed by atoms with Crippen molar-refractivity contribution in [3.05, 3.63) is 27.3 Å². The monoisotopic (exact) mass is 410 g/mol. The second-order valence-corrected chi connectivity index (χ2v) is 5.67. The van der Waals surface area contributed by atoms with Gasteiger partial charge >= 0.3 is 0 Å². The van der Waals surface area contributed by atoms with Crippen molar-refractivity contribution in [3.8, 4) is 0 Å². The quantitative estimate of drug-likeness (QED) is 0.412. The van der Waals surface area contributed by atoms with Gasteiger partial charge in [0.25, 0.3) is 0 Å². The van der Waals surface area contributed by atoms with Gasteiger partial charge in [0.15, 0.2) is 0 Å². The highest BCUT2D eigenvalue weighted by molar-refractivity contribution is 14.1. The first-order valence-electron chi connectivity index (χ1n) is 6.59. The Morgan fingerprint density at radius 3 is 2.33 bits per heavy atom. The molecule has 0 radical (unpaired) electrons. The van der Waals surface area contributed by atoms with Crippen molar-refractivity contribution >= 4 is 40.1 Å². The summed E-state index contributed by atoms with van der Waals surface area (Å²) in [5.41, 5.74) is 0.119. The third-order valence-corrected chi connectivity index (χ3v) is 3.75. The van der Waals surface area contributed by atoms with E-state index in [4.69, 9.17) is 0 Å². The number of anilines is 1. The molecular formula is C14H17F2IN2O2. The molecule has 0 saturated heterocycles. The smallest absolute Gasteiger partial charge is 0.224 e. The Kier molecular flexibility index (Phi) is 7.55. The highest BCUT2D eigenvalue weighted by Crippen LogP contribution is 2.20. The number of carbonyl (C=O) groups excluding carboxylic acids is 2. The van der Waals surface area contributed by atoms with Crippen molar-refractivity contribution in [1.82, 2.24) is 5.32 Å². The van der Waals surface area contributed by atoms with Crippen molar-refractivity contribution < 1.29 is 18.4 Å². The van der Waals surface area contributed by atoms with Gasteiger partial charge in [-0.15, -0.1) is 0 Å². The molecule has 2 amide bonds. The number of unbranched alkanes of at least 4 members (excludes halogenated alkanes) is 2. The molecule has 0 spiro atoms. The summed E-state index contributed by atoms with van der Waals surface area (Å²) in [4.78, 5) is 22.3. The Morgan fingerprint density at radius 2 is 1.76 bits per heavy atom. The van der Waals surface area contributed by atoms with Crippen LogP contribution < -0.4 is 10.6 Å². The molecule has 0 heterocycles. The number of nitrogens with one attached hydrogen (secondary N) is 2. The summed E-state index contributed by atoms with van der Waals surface area (Å²) < 4.78 is 26.5. The summed E-state index contributed by atoms with van der Waals surface area (Å²) in [5.74, 6) is -1.74. The Labute approximate surface area is 135 Å². The van der Waals surface area contributed by atoms with Crippen molar-refractivity contribution in [2.45, 2.75) is 32.6 Å². The first kappa shape index (κ1) is 17.8. The molecule has 0 aliphatic heterocycles. The molecule has 0 fully saturated rings. The van der Waals surface area contributed by atoms with Gasteiger partial charge in [0, 0.05) is 25.6 Å². The number of rotatable bonds is 7. The van der Waals surface area contributed by atoms with Crippen LogP contribution in [0, 0.1) is 15.2 Å². The minimum atomic E-state index is -0.693. The SMILES string of the molecule is CC(=O)NCCCCCC(=O)Nc1cc(F)c(I)c(F)c1. The van der Waals surface area contributed by atoms with Crippen LogP contribution in [0.4, 0.5) is 14.5 Å². The van der Waals surface area contributed by atoms with Gasteiger partial charge in [-0.25, -0.2) is 8.78 Å². The highest BCUT2D eigenvalue weighted by Gasteiger charge is 2.10. The largest absolute Gasteiger partial charge is 0.356 e. The maximum atomic E-state index is 13.3. The first-order valence-corrected chi connectivity index (χ1v) is 7.67. The number of hydrogen-bond donors (Lipinski definition) is 2. The van der Waals surface area contributed by atoms with E-state index in [1.54, 1.807) is 22.6 Å². The zero-order valence-corrected chi connectivity index (χ0v) is 13.8. The summed E-state index contributed by atoms with van der Waals surface area (Å²) in [6.45, 7) is 2.04. The van der Waals surface area contributed by atoms with Crippen molar-refractivity contribution in [1.29, 1.82) is 0 Å². The van der Waals surface area contributed by atoms with E-state index in [0.29, 0.717) is 13.0 Å². The van der Waals surface area contributed by atoms with E-state index < -0.39 is 11.6 Å². The maximum Gasteiger partial charge on any atom is 0.224 e. The van der Waals surface area contributed by atoms with Gasteiger partial charge in [-0.1, -0.05) is 6.42 Å². The van der Waals surface area contributed by atoms with Crippen LogP contribution >= 0.6 is 22.6 Å². The molecule has 0 aliphatic carbocycles. The Bertz CT molecular complexity index is 501. The molecule has 4 nitrogen and oxygen atoms in total. The van der Waals surface area contributed by atoms with E-state index in [-0.39, 0.29) is 27.5 Å². The molecule has 0 aliphatic rings. The molecule has 1 rings (SSSR count). The van der Waals surface area contributed by atoms with E-state index in [1.807, 2.05) is 0 Å². The van der Waals surface area contributed by atoms with Gasteiger partial charge in [0.05, 0.1) is 3.57 Å². The van der Waals surface area contributed by atoms with Crippen LogP contribution in [0.15, 0.2) is 12.1 Å². The lowest BCUT2D eigenvalue weighted by molar-refractivity contribution is -0.119. The van der Waals surface area contributed by atoms with E-state index in [1.165, 1.54) is 6.92 Å². The van der Waals surface area contributed by atoms with Crippen LogP contribution in [0.2, 0.25) is 0 Å². The Balaban J connectivity index is 2.29. The standard InChI is InChI=1S/C14H17F2IN2O2/c1-9(20)18-6-4-2-3-5-13(21)19-10-7-11(15)14(17)12(16)8-10/h7-8H,2-6H2,1H3,(H,18,20)(H,19,21). The number of carbonyl (C=O) groups is 2. The Morgan fingerprint density at radius 1 is 1.14 bits per heavy atom. The average Bonchev–Trinajstić information content (AvgIpc) is 2.39. The molecule has 0 bridgehead atoms. The predicted molar refractivity (Wildman–Crippen MR) is 84.9 cm³/mol. The second kappa shape index (κ2) is 8.91. The number of benzene rings is 1. The van der Waals surface area contributed by atoms with Gasteiger partial charge in [-0.2, -0.15) is 0 Å². The van der Waals surface area contributed by atoms with Crippen LogP contribution in [0.25, 0.3) is 0 Å². The number of hydrogen-bond acceptors (Lipinski definition) is 2. The summed E-state index contributed by atoms with van der Waals surface area (Å²) in [7, 11) is 0. The second-order valence-electron chi connectivity index (χ2n) is 4.60. The van der Waals surface area contributed by atoms with Gasteiger partial charge in [0.1, 0.15) is 11.6 Å². The molecule has 1 aromatic rings. The zero-order chi connectivity index (χ0) is 15.8. The lowest BCUT2D eigenvalue weighted by Gasteiger charge is -2.07. The lowest BCUT2D eigenvalue weighted by Crippen LogP contribution is -2.20. The minimum Gasteiger partial charge on any atom is -0.356 e. The summed E-state index contributed by atoms with van der Waals surface area (Å²) in [6.07, 6.45) is 2.51. The highest BCUT2D eigenvalue weighted by atomic mass is 127. The molecule has 0 saturated carbocycles. The van der Waals surface area contributed by atoms with Gasteiger partial charge in [0.2, 0.25) is 11.8 Å². The normalized spacial score (nSPS) is 10.3. The van der Waals surface area contributed by atoms with Gasteiger partial charge in [-0.3, -0.25) is 9.59 Å². The van der Waals surface area contributed by atoms with Crippen LogP contribution in [-0.2, 0) is 9.59 Å². The lowest BCUT2D eigenvalue weighted by atomic mass is 10.2. The summed E-state index contributed by atoms with van der Waals surface area (Å²) in [6, 6.07) is 2.19. The fourth-order valence-corrected chi connectivity index (χ4v) is 2.01. The van der Waals surface area contributed by atoms with Crippen molar-refractivity contribution in [3.63, 3.8) is 0 Å². The van der Waals surface area contributed by atoms with Crippen LogP contribution in [0.5, 0.6) is 0 Å². The summed E-state index contributed by atoms with van der Waals surface area (Å²) in [5, 5.41) is 5.14. The number of amides is 2. The fourth-order valence-electron chi connectivity index (χ4n) is 1.70. The Hall–Kier alpha value is -1.25. The van der Waals surface area contributed by atoms with Crippen molar-refractivity contribution in [2.75, 3.05) is 11.9 Å². The average molecular weight is 410 g/mol. The third-order valence-electron chi connectivity index (χ3n) is 2.72. The molecule has 0 atom stereocenters. The van der Waals surface area contributed by atoms with E-state index in [0.717, 1.165) is 25.0 Å². The fraction of sp³-hybridized carbons (Fsp3) is 0.429. The number of halogens is 3. The summed E-state index contributed by atoms with van der Waals surface area (Å²) >= 11 is 1.57. The first-order chi connectivity index (χ1) is 9.90. The molecule has 0 aromatic heterocycles. The van der Waals surface area contributed by atoms with E-state index in [2.05, 4.69) is 10.6 Å². The molecular weight excluding hydrogens is 393 g/mol. The van der Waals surface area contributed by atoms with Gasteiger partial charge < -0.3 is 10.6 Å². The van der Waals surface area contributed by atoms with E-state index in [9.17, 15) is 18.4 Å². The topological polar surface area (TPSA) is 58.2 Å². The van der Waals surface area contributed by atoms with Crippen LogP contribution in [0.1, 0.15) is 32.6 Å². The van der Waals surface area contributed by atoms with Crippen LogP contribution in [-0.4, -0.2) is 18.4 Å². The maximum absolute atomic E-state index is 13.3. The third kappa shape index (κ3) is 6.83. The molecule has 7 heteroatoms. The molecule has 116 valence electrons. The van der Waals surface area contributed by atoms with Crippen LogP contribution in [0.3, 0.4) is 0 Å². The minimum absolute atomic E-state index is 0.0736.